The van der Waals surface area contributed by atoms with Crippen molar-refractivity contribution in [3.8, 4) is 11.8 Å². The van der Waals surface area contributed by atoms with Crippen LogP contribution in [-0.4, -0.2) is 30.5 Å². The maximum absolute atomic E-state index is 12.6. The van der Waals surface area contributed by atoms with E-state index in [4.69, 9.17) is 10.00 Å². The van der Waals surface area contributed by atoms with Gasteiger partial charge in [-0.1, -0.05) is 11.6 Å². The Kier molecular flexibility index (Phi) is 4.06. The fraction of sp³-hybridized carbons (Fsp3) is 0.467. The molecule has 1 saturated heterocycles. The number of likely N-dealkylation sites (tertiary alicyclic amines) is 1. The average Bonchev–Trinajstić information content (AvgIpc) is 2.46. The monoisotopic (exact) mass is 258 g/mol. The van der Waals surface area contributed by atoms with Crippen molar-refractivity contribution in [3.05, 3.63) is 29.3 Å². The number of carbonyl (C=O) groups is 1. The number of ether oxygens (including phenoxy) is 1. The van der Waals surface area contributed by atoms with Gasteiger partial charge in [-0.25, -0.2) is 0 Å². The van der Waals surface area contributed by atoms with E-state index in [1.54, 1.807) is 18.1 Å². The van der Waals surface area contributed by atoms with Gasteiger partial charge in [0, 0.05) is 6.54 Å². The summed E-state index contributed by atoms with van der Waals surface area (Å²) in [6, 6.07) is 7.44. The number of piperidine rings is 1. The van der Waals surface area contributed by atoms with E-state index in [-0.39, 0.29) is 11.9 Å². The molecule has 1 fully saturated rings. The van der Waals surface area contributed by atoms with E-state index < -0.39 is 0 Å². The van der Waals surface area contributed by atoms with Crippen LogP contribution in [0.1, 0.15) is 35.2 Å². The third-order valence-corrected chi connectivity index (χ3v) is 3.50. The van der Waals surface area contributed by atoms with Crippen LogP contribution >= 0.6 is 0 Å². The highest BCUT2D eigenvalue weighted by atomic mass is 16.5. The number of amides is 1. The molecular formula is C15H18N2O2. The molecule has 1 atom stereocenters. The SMILES string of the molecule is COc1ccc(C)cc1C(=O)N1CCCCC1C#N. The van der Waals surface area contributed by atoms with Crippen molar-refractivity contribution in [2.45, 2.75) is 32.2 Å². The van der Waals surface area contributed by atoms with E-state index >= 15 is 0 Å². The highest BCUT2D eigenvalue weighted by molar-refractivity contribution is 5.97. The van der Waals surface area contributed by atoms with Crippen LogP contribution in [0.2, 0.25) is 0 Å². The maximum atomic E-state index is 12.6. The molecule has 4 nitrogen and oxygen atoms in total. The molecule has 0 bridgehead atoms. The lowest BCUT2D eigenvalue weighted by molar-refractivity contribution is 0.0667. The lowest BCUT2D eigenvalue weighted by atomic mass is 10.0. The first kappa shape index (κ1) is 13.4. The lowest BCUT2D eigenvalue weighted by Gasteiger charge is -2.31. The number of methoxy groups -OCH3 is 1. The van der Waals surface area contributed by atoms with Gasteiger partial charge in [-0.15, -0.1) is 0 Å². The number of hydrogen-bond donors (Lipinski definition) is 0. The summed E-state index contributed by atoms with van der Waals surface area (Å²) in [4.78, 5) is 14.3. The molecule has 1 heterocycles. The Morgan fingerprint density at radius 3 is 2.95 bits per heavy atom. The van der Waals surface area contributed by atoms with Gasteiger partial charge >= 0.3 is 0 Å². The number of nitriles is 1. The van der Waals surface area contributed by atoms with E-state index in [2.05, 4.69) is 6.07 Å². The molecule has 0 N–H and O–H groups in total. The number of benzene rings is 1. The van der Waals surface area contributed by atoms with Crippen molar-refractivity contribution >= 4 is 5.91 Å². The van der Waals surface area contributed by atoms with Crippen LogP contribution in [0.15, 0.2) is 18.2 Å². The number of hydrogen-bond acceptors (Lipinski definition) is 3. The first-order valence-electron chi connectivity index (χ1n) is 6.52. The Hall–Kier alpha value is -2.02. The van der Waals surface area contributed by atoms with E-state index in [1.807, 2.05) is 19.1 Å². The smallest absolute Gasteiger partial charge is 0.258 e. The fourth-order valence-electron chi connectivity index (χ4n) is 2.45. The average molecular weight is 258 g/mol. The molecule has 1 aliphatic heterocycles. The molecule has 19 heavy (non-hydrogen) atoms. The first-order chi connectivity index (χ1) is 9.17. The molecule has 0 aromatic heterocycles. The maximum Gasteiger partial charge on any atom is 0.258 e. The molecule has 0 spiro atoms. The van der Waals surface area contributed by atoms with Crippen LogP contribution in [0.5, 0.6) is 5.75 Å². The fourth-order valence-corrected chi connectivity index (χ4v) is 2.45. The second kappa shape index (κ2) is 5.75. The summed E-state index contributed by atoms with van der Waals surface area (Å²) in [5, 5.41) is 9.16. The Morgan fingerprint density at radius 2 is 2.26 bits per heavy atom. The number of aryl methyl sites for hydroxylation is 1. The summed E-state index contributed by atoms with van der Waals surface area (Å²) >= 11 is 0. The molecule has 0 aliphatic carbocycles. The molecule has 4 heteroatoms. The first-order valence-corrected chi connectivity index (χ1v) is 6.52. The molecule has 1 amide bonds. The van der Waals surface area contributed by atoms with Crippen molar-refractivity contribution in [2.75, 3.05) is 13.7 Å². The Bertz CT molecular complexity index is 519. The highest BCUT2D eigenvalue weighted by Crippen LogP contribution is 2.25. The normalized spacial score (nSPS) is 18.8. The van der Waals surface area contributed by atoms with E-state index in [0.717, 1.165) is 24.8 Å². The predicted octanol–water partition coefficient (Wildman–Crippen LogP) is 2.52. The third kappa shape index (κ3) is 2.70. The summed E-state index contributed by atoms with van der Waals surface area (Å²) in [6.07, 6.45) is 2.72. The molecule has 1 aliphatic rings. The van der Waals surface area contributed by atoms with Crippen LogP contribution in [0, 0.1) is 18.3 Å². The molecule has 0 saturated carbocycles. The van der Waals surface area contributed by atoms with Gasteiger partial charge in [-0.2, -0.15) is 5.26 Å². The predicted molar refractivity (Wildman–Crippen MR) is 72.0 cm³/mol. The summed E-state index contributed by atoms with van der Waals surface area (Å²) in [5.41, 5.74) is 1.55. The van der Waals surface area contributed by atoms with Crippen LogP contribution in [0.4, 0.5) is 0 Å². The molecule has 1 aromatic rings. The van der Waals surface area contributed by atoms with Crippen LogP contribution in [0.25, 0.3) is 0 Å². The zero-order valence-electron chi connectivity index (χ0n) is 11.3. The van der Waals surface area contributed by atoms with Crippen molar-refractivity contribution in [2.24, 2.45) is 0 Å². The molecular weight excluding hydrogens is 240 g/mol. The van der Waals surface area contributed by atoms with Gasteiger partial charge in [-0.3, -0.25) is 4.79 Å². The van der Waals surface area contributed by atoms with Gasteiger partial charge in [0.15, 0.2) is 0 Å². The highest BCUT2D eigenvalue weighted by Gasteiger charge is 2.28. The number of nitrogens with zero attached hydrogens (tertiary/aromatic N) is 2. The zero-order chi connectivity index (χ0) is 13.8. The van der Waals surface area contributed by atoms with Crippen LogP contribution < -0.4 is 4.74 Å². The second-order valence-electron chi connectivity index (χ2n) is 4.84. The van der Waals surface area contributed by atoms with Gasteiger partial charge in [0.2, 0.25) is 0 Å². The quantitative estimate of drug-likeness (QED) is 0.819. The van der Waals surface area contributed by atoms with E-state index in [0.29, 0.717) is 17.9 Å². The lowest BCUT2D eigenvalue weighted by Crippen LogP contribution is -2.43. The molecule has 1 aromatic carbocycles. The van der Waals surface area contributed by atoms with Gasteiger partial charge in [-0.05, 0) is 38.3 Å². The Labute approximate surface area is 113 Å². The third-order valence-electron chi connectivity index (χ3n) is 3.50. The molecule has 2 rings (SSSR count). The van der Waals surface area contributed by atoms with Crippen LogP contribution in [0.3, 0.4) is 0 Å². The summed E-state index contributed by atoms with van der Waals surface area (Å²) < 4.78 is 5.25. The summed E-state index contributed by atoms with van der Waals surface area (Å²) in [7, 11) is 1.55. The van der Waals surface area contributed by atoms with Gasteiger partial charge in [0.1, 0.15) is 11.8 Å². The Balaban J connectivity index is 2.33. The number of carbonyl (C=O) groups excluding carboxylic acids is 1. The summed E-state index contributed by atoms with van der Waals surface area (Å²) in [5.74, 6) is 0.463. The minimum atomic E-state index is -0.313. The minimum Gasteiger partial charge on any atom is -0.496 e. The molecule has 1 unspecified atom stereocenters. The minimum absolute atomic E-state index is 0.105. The van der Waals surface area contributed by atoms with Gasteiger partial charge in [0.05, 0.1) is 18.7 Å². The van der Waals surface area contributed by atoms with E-state index in [9.17, 15) is 4.79 Å². The second-order valence-corrected chi connectivity index (χ2v) is 4.84. The van der Waals surface area contributed by atoms with Crippen molar-refractivity contribution in [1.29, 1.82) is 5.26 Å². The largest absolute Gasteiger partial charge is 0.496 e. The van der Waals surface area contributed by atoms with E-state index in [1.165, 1.54) is 0 Å². The summed E-state index contributed by atoms with van der Waals surface area (Å²) in [6.45, 7) is 2.59. The van der Waals surface area contributed by atoms with Gasteiger partial charge < -0.3 is 9.64 Å². The van der Waals surface area contributed by atoms with Crippen LogP contribution in [-0.2, 0) is 0 Å². The van der Waals surface area contributed by atoms with Crippen molar-refractivity contribution in [3.63, 3.8) is 0 Å². The standard InChI is InChI=1S/C15H18N2O2/c1-11-6-7-14(19-2)13(9-11)15(18)17-8-4-3-5-12(17)10-16/h6-7,9,12H,3-5,8H2,1-2H3. The Morgan fingerprint density at radius 1 is 1.47 bits per heavy atom. The molecule has 100 valence electrons. The topological polar surface area (TPSA) is 53.3 Å². The van der Waals surface area contributed by atoms with Crippen molar-refractivity contribution in [1.82, 2.24) is 4.90 Å². The van der Waals surface area contributed by atoms with Gasteiger partial charge in [0.25, 0.3) is 5.91 Å². The van der Waals surface area contributed by atoms with Crippen molar-refractivity contribution < 1.29 is 9.53 Å². The zero-order valence-corrected chi connectivity index (χ0v) is 11.3. The molecule has 0 radical (unpaired) electrons. The number of rotatable bonds is 2.